The van der Waals surface area contributed by atoms with Crippen LogP contribution in [0.25, 0.3) is 0 Å². The second kappa shape index (κ2) is 5.76. The van der Waals surface area contributed by atoms with Gasteiger partial charge in [-0.05, 0) is 49.9 Å². The smallest absolute Gasteiger partial charge is 0.0628 e. The number of halogens is 1. The van der Waals surface area contributed by atoms with Crippen molar-refractivity contribution in [3.05, 3.63) is 51.8 Å². The van der Waals surface area contributed by atoms with E-state index >= 15 is 0 Å². The van der Waals surface area contributed by atoms with E-state index in [0.717, 1.165) is 29.1 Å². The van der Waals surface area contributed by atoms with Crippen molar-refractivity contribution in [2.75, 3.05) is 0 Å². The van der Waals surface area contributed by atoms with E-state index in [1.807, 2.05) is 42.9 Å². The molecule has 0 aliphatic carbocycles. The number of rotatable bonds is 4. The van der Waals surface area contributed by atoms with Crippen LogP contribution in [0, 0.1) is 13.8 Å². The van der Waals surface area contributed by atoms with Crippen LogP contribution in [0.3, 0.4) is 0 Å². The number of hydrogen-bond donors (Lipinski definition) is 1. The fraction of sp³-hybridized carbons (Fsp3) is 0.400. The van der Waals surface area contributed by atoms with E-state index in [0.29, 0.717) is 0 Å². The SMILES string of the molecule is Cc1nn(C)c(C)c1CCC(N)c1cccc(Cl)c1. The van der Waals surface area contributed by atoms with Crippen molar-refractivity contribution in [2.45, 2.75) is 32.7 Å². The van der Waals surface area contributed by atoms with Gasteiger partial charge in [0.1, 0.15) is 0 Å². The third-order valence-corrected chi connectivity index (χ3v) is 3.88. The van der Waals surface area contributed by atoms with Crippen LogP contribution in [-0.4, -0.2) is 9.78 Å². The lowest BCUT2D eigenvalue weighted by atomic mass is 9.99. The molecular weight excluding hydrogens is 258 g/mol. The molecule has 1 aromatic carbocycles. The molecule has 0 saturated carbocycles. The van der Waals surface area contributed by atoms with Crippen LogP contribution >= 0.6 is 11.6 Å². The van der Waals surface area contributed by atoms with Gasteiger partial charge < -0.3 is 5.73 Å². The third kappa shape index (κ3) is 3.17. The Balaban J connectivity index is 2.06. The highest BCUT2D eigenvalue weighted by Crippen LogP contribution is 2.22. The third-order valence-electron chi connectivity index (χ3n) is 3.64. The molecule has 4 heteroatoms. The van der Waals surface area contributed by atoms with E-state index in [9.17, 15) is 0 Å². The van der Waals surface area contributed by atoms with Gasteiger partial charge in [-0.25, -0.2) is 0 Å². The number of hydrogen-bond acceptors (Lipinski definition) is 2. The summed E-state index contributed by atoms with van der Waals surface area (Å²) >= 11 is 5.99. The predicted octanol–water partition coefficient (Wildman–Crippen LogP) is 3.32. The molecule has 2 rings (SSSR count). The molecule has 102 valence electrons. The molecule has 2 aromatic rings. The van der Waals surface area contributed by atoms with E-state index in [1.165, 1.54) is 11.3 Å². The Bertz CT molecular complexity index is 575. The maximum absolute atomic E-state index is 6.23. The summed E-state index contributed by atoms with van der Waals surface area (Å²) < 4.78 is 1.93. The van der Waals surface area contributed by atoms with Gasteiger partial charge in [0.2, 0.25) is 0 Å². The Hall–Kier alpha value is -1.32. The summed E-state index contributed by atoms with van der Waals surface area (Å²) in [7, 11) is 1.97. The lowest BCUT2D eigenvalue weighted by Gasteiger charge is -2.12. The Morgan fingerprint density at radius 1 is 1.37 bits per heavy atom. The lowest BCUT2D eigenvalue weighted by Crippen LogP contribution is -2.11. The van der Waals surface area contributed by atoms with Crippen molar-refractivity contribution >= 4 is 11.6 Å². The fourth-order valence-electron chi connectivity index (χ4n) is 2.38. The minimum absolute atomic E-state index is 0.0118. The Labute approximate surface area is 119 Å². The van der Waals surface area contributed by atoms with Crippen molar-refractivity contribution < 1.29 is 0 Å². The molecule has 0 fully saturated rings. The fourth-order valence-corrected chi connectivity index (χ4v) is 2.58. The normalized spacial score (nSPS) is 12.7. The number of benzene rings is 1. The summed E-state index contributed by atoms with van der Waals surface area (Å²) in [4.78, 5) is 0. The van der Waals surface area contributed by atoms with E-state index in [2.05, 4.69) is 12.0 Å². The first kappa shape index (κ1) is 14.1. The topological polar surface area (TPSA) is 43.8 Å². The molecule has 0 radical (unpaired) electrons. The first-order chi connectivity index (χ1) is 8.99. The zero-order valence-corrected chi connectivity index (χ0v) is 12.4. The van der Waals surface area contributed by atoms with Gasteiger partial charge >= 0.3 is 0 Å². The average Bonchev–Trinajstić information content (AvgIpc) is 2.61. The largest absolute Gasteiger partial charge is 0.324 e. The van der Waals surface area contributed by atoms with Crippen molar-refractivity contribution in [3.63, 3.8) is 0 Å². The summed E-state index contributed by atoms with van der Waals surface area (Å²) in [5, 5.41) is 5.17. The van der Waals surface area contributed by atoms with E-state index in [-0.39, 0.29) is 6.04 Å². The molecule has 1 atom stereocenters. The van der Waals surface area contributed by atoms with Crippen molar-refractivity contribution in [1.82, 2.24) is 9.78 Å². The molecule has 1 unspecified atom stereocenters. The molecule has 1 aromatic heterocycles. The number of aryl methyl sites for hydroxylation is 2. The van der Waals surface area contributed by atoms with Crippen molar-refractivity contribution in [3.8, 4) is 0 Å². The quantitative estimate of drug-likeness (QED) is 0.932. The van der Waals surface area contributed by atoms with Crippen LogP contribution in [-0.2, 0) is 13.5 Å². The van der Waals surface area contributed by atoms with Gasteiger partial charge in [0, 0.05) is 23.8 Å². The molecule has 0 aliphatic heterocycles. The zero-order chi connectivity index (χ0) is 14.0. The minimum Gasteiger partial charge on any atom is -0.324 e. The molecule has 0 aliphatic rings. The first-order valence-corrected chi connectivity index (χ1v) is 6.87. The summed E-state index contributed by atoms with van der Waals surface area (Å²) in [6.45, 7) is 4.15. The highest BCUT2D eigenvalue weighted by molar-refractivity contribution is 6.30. The average molecular weight is 278 g/mol. The van der Waals surface area contributed by atoms with E-state index < -0.39 is 0 Å². The van der Waals surface area contributed by atoms with Crippen molar-refractivity contribution in [2.24, 2.45) is 12.8 Å². The van der Waals surface area contributed by atoms with Gasteiger partial charge in [-0.15, -0.1) is 0 Å². The summed E-state index contributed by atoms with van der Waals surface area (Å²) in [5.74, 6) is 0. The number of nitrogens with zero attached hydrogens (tertiary/aromatic N) is 2. The van der Waals surface area contributed by atoms with Crippen LogP contribution in [0.5, 0.6) is 0 Å². The molecular formula is C15H20ClN3. The Morgan fingerprint density at radius 3 is 2.68 bits per heavy atom. The predicted molar refractivity (Wildman–Crippen MR) is 79.4 cm³/mol. The van der Waals surface area contributed by atoms with Crippen LogP contribution in [0.15, 0.2) is 24.3 Å². The van der Waals surface area contributed by atoms with Crippen LogP contribution in [0.2, 0.25) is 5.02 Å². The second-order valence-electron chi connectivity index (χ2n) is 4.97. The monoisotopic (exact) mass is 277 g/mol. The van der Waals surface area contributed by atoms with Gasteiger partial charge in [0.25, 0.3) is 0 Å². The molecule has 0 saturated heterocycles. The van der Waals surface area contributed by atoms with E-state index in [4.69, 9.17) is 17.3 Å². The van der Waals surface area contributed by atoms with E-state index in [1.54, 1.807) is 0 Å². The Morgan fingerprint density at radius 2 is 2.11 bits per heavy atom. The molecule has 19 heavy (non-hydrogen) atoms. The molecule has 1 heterocycles. The summed E-state index contributed by atoms with van der Waals surface area (Å²) in [6.07, 6.45) is 1.84. The lowest BCUT2D eigenvalue weighted by molar-refractivity contribution is 0.647. The summed E-state index contributed by atoms with van der Waals surface area (Å²) in [6, 6.07) is 7.79. The maximum Gasteiger partial charge on any atom is 0.0628 e. The minimum atomic E-state index is 0.0118. The van der Waals surface area contributed by atoms with Gasteiger partial charge in [0.05, 0.1) is 5.69 Å². The van der Waals surface area contributed by atoms with Gasteiger partial charge in [-0.2, -0.15) is 5.10 Å². The van der Waals surface area contributed by atoms with Crippen LogP contribution in [0.1, 0.15) is 35.0 Å². The molecule has 0 bridgehead atoms. The van der Waals surface area contributed by atoms with Gasteiger partial charge in [-0.1, -0.05) is 23.7 Å². The molecule has 3 nitrogen and oxygen atoms in total. The summed E-state index contributed by atoms with van der Waals surface area (Å²) in [5.41, 5.74) is 10.9. The second-order valence-corrected chi connectivity index (χ2v) is 5.41. The van der Waals surface area contributed by atoms with Gasteiger partial charge in [-0.3, -0.25) is 4.68 Å². The highest BCUT2D eigenvalue weighted by Gasteiger charge is 2.12. The standard InChI is InChI=1S/C15H20ClN3/c1-10-14(11(2)19(3)18-10)7-8-15(17)12-5-4-6-13(16)9-12/h4-6,9,15H,7-8,17H2,1-3H3. The maximum atomic E-state index is 6.23. The van der Waals surface area contributed by atoms with Gasteiger partial charge in [0.15, 0.2) is 0 Å². The highest BCUT2D eigenvalue weighted by atomic mass is 35.5. The van der Waals surface area contributed by atoms with Crippen LogP contribution in [0.4, 0.5) is 0 Å². The van der Waals surface area contributed by atoms with Crippen molar-refractivity contribution in [1.29, 1.82) is 0 Å². The zero-order valence-electron chi connectivity index (χ0n) is 11.7. The molecule has 0 spiro atoms. The molecule has 0 amide bonds. The molecule has 2 N–H and O–H groups in total. The number of nitrogens with two attached hydrogens (primary N) is 1. The Kier molecular flexibility index (Phi) is 4.27. The van der Waals surface area contributed by atoms with Crippen LogP contribution < -0.4 is 5.73 Å². The first-order valence-electron chi connectivity index (χ1n) is 6.49. The number of aromatic nitrogens is 2.